The predicted octanol–water partition coefficient (Wildman–Crippen LogP) is 5.89. The first-order chi connectivity index (χ1) is 16.5. The number of fused-ring (bicyclic) bond motifs is 1. The van der Waals surface area contributed by atoms with Gasteiger partial charge in [0.1, 0.15) is 18.5 Å². The van der Waals surface area contributed by atoms with Crippen molar-refractivity contribution >= 4 is 34.6 Å². The number of amides is 1. The van der Waals surface area contributed by atoms with Gasteiger partial charge in [-0.3, -0.25) is 9.69 Å². The van der Waals surface area contributed by atoms with Gasteiger partial charge in [-0.1, -0.05) is 11.6 Å². The highest BCUT2D eigenvalue weighted by Crippen LogP contribution is 2.41. The Morgan fingerprint density at radius 3 is 2.37 bits per heavy atom. The first-order valence-electron chi connectivity index (χ1n) is 10.2. The molecule has 0 radical (unpaired) electrons. The number of pyridine rings is 1. The molecule has 1 aromatic heterocycles. The third-order valence-corrected chi connectivity index (χ3v) is 5.79. The third kappa shape index (κ3) is 4.68. The Morgan fingerprint density at radius 1 is 1.06 bits per heavy atom. The van der Waals surface area contributed by atoms with E-state index in [1.807, 2.05) is 6.07 Å². The Kier molecular flexibility index (Phi) is 6.21. The lowest BCUT2D eigenvalue weighted by atomic mass is 10.0. The molecule has 0 unspecified atom stereocenters. The van der Waals surface area contributed by atoms with E-state index < -0.39 is 6.36 Å². The van der Waals surface area contributed by atoms with Gasteiger partial charge in [0.25, 0.3) is 5.91 Å². The lowest BCUT2D eigenvalue weighted by molar-refractivity contribution is -0.274. The summed E-state index contributed by atoms with van der Waals surface area (Å²) in [6.45, 7) is 3.36. The number of rotatable bonds is 4. The van der Waals surface area contributed by atoms with E-state index >= 15 is 0 Å². The number of nitrogens with zero attached hydrogens (tertiary/aromatic N) is 4. The predicted molar refractivity (Wildman–Crippen MR) is 123 cm³/mol. The molecule has 1 aliphatic rings. The van der Waals surface area contributed by atoms with Crippen molar-refractivity contribution in [2.24, 2.45) is 0 Å². The molecule has 3 aromatic rings. The van der Waals surface area contributed by atoms with Gasteiger partial charge in [-0.25, -0.2) is 4.98 Å². The standard InChI is InChI=1S/C24H18ClF3N4O3/c1-13-8-16(35-24(26,27)28)4-5-19(13)31-12-32(20-6-7-22(34-3)30-14(20)2)23(33)17-10-18(25)15(11-29)9-21(17)31/h4-10H,12H2,1-3H3. The van der Waals surface area contributed by atoms with Crippen LogP contribution in [0, 0.1) is 25.2 Å². The first kappa shape index (κ1) is 24.2. The van der Waals surface area contributed by atoms with Crippen molar-refractivity contribution in [3.8, 4) is 17.7 Å². The molecule has 0 aliphatic carbocycles. The Hall–Kier alpha value is -3.97. The quantitative estimate of drug-likeness (QED) is 0.443. The zero-order chi connectivity index (χ0) is 25.5. The normalized spacial score (nSPS) is 13.4. The fourth-order valence-corrected chi connectivity index (χ4v) is 4.12. The molecule has 0 bridgehead atoms. The number of hydrogen-bond acceptors (Lipinski definition) is 6. The van der Waals surface area contributed by atoms with E-state index in [1.54, 1.807) is 30.9 Å². The van der Waals surface area contributed by atoms with E-state index in [1.165, 1.54) is 42.3 Å². The SMILES string of the molecule is COc1ccc(N2CN(c3ccc(OC(F)(F)F)cc3C)c3cc(C#N)c(Cl)cc3C2=O)c(C)n1. The molecular formula is C24H18ClF3N4O3. The summed E-state index contributed by atoms with van der Waals surface area (Å²) >= 11 is 6.23. The zero-order valence-electron chi connectivity index (χ0n) is 18.8. The van der Waals surface area contributed by atoms with Crippen molar-refractivity contribution in [1.29, 1.82) is 5.26 Å². The maximum absolute atomic E-state index is 13.5. The van der Waals surface area contributed by atoms with Crippen LogP contribution in [0.5, 0.6) is 11.6 Å². The van der Waals surface area contributed by atoms with Crippen molar-refractivity contribution < 1.29 is 27.4 Å². The van der Waals surface area contributed by atoms with Crippen molar-refractivity contribution in [2.45, 2.75) is 20.2 Å². The second-order valence-corrected chi connectivity index (χ2v) is 8.13. The Bertz CT molecular complexity index is 1370. The van der Waals surface area contributed by atoms with Gasteiger partial charge in [0.05, 0.1) is 40.3 Å². The van der Waals surface area contributed by atoms with Crippen LogP contribution in [0.1, 0.15) is 27.2 Å². The van der Waals surface area contributed by atoms with E-state index in [9.17, 15) is 23.2 Å². The number of anilines is 3. The van der Waals surface area contributed by atoms with Crippen molar-refractivity contribution in [1.82, 2.24) is 4.98 Å². The molecule has 1 amide bonds. The van der Waals surface area contributed by atoms with Gasteiger partial charge in [0.15, 0.2) is 0 Å². The molecule has 0 fully saturated rings. The van der Waals surface area contributed by atoms with Gasteiger partial charge >= 0.3 is 6.36 Å². The van der Waals surface area contributed by atoms with Gasteiger partial charge in [0, 0.05) is 11.8 Å². The summed E-state index contributed by atoms with van der Waals surface area (Å²) in [5, 5.41) is 9.57. The van der Waals surface area contributed by atoms with Crippen molar-refractivity contribution in [3.63, 3.8) is 0 Å². The molecule has 2 heterocycles. The Labute approximate surface area is 203 Å². The Balaban J connectivity index is 1.86. The van der Waals surface area contributed by atoms with E-state index in [4.69, 9.17) is 16.3 Å². The maximum Gasteiger partial charge on any atom is 0.573 e. The number of carbonyl (C=O) groups is 1. The summed E-state index contributed by atoms with van der Waals surface area (Å²) in [4.78, 5) is 21.0. The molecule has 2 aromatic carbocycles. The fourth-order valence-electron chi connectivity index (χ4n) is 3.92. The van der Waals surface area contributed by atoms with Crippen LogP contribution in [0.15, 0.2) is 42.5 Å². The lowest BCUT2D eigenvalue weighted by Crippen LogP contribution is -2.45. The second kappa shape index (κ2) is 9.00. The number of benzene rings is 2. The molecule has 1 aliphatic heterocycles. The van der Waals surface area contributed by atoms with E-state index in [-0.39, 0.29) is 34.5 Å². The van der Waals surface area contributed by atoms with Crippen LogP contribution in [0.25, 0.3) is 0 Å². The average Bonchev–Trinajstić information content (AvgIpc) is 2.79. The van der Waals surface area contributed by atoms with Gasteiger partial charge < -0.3 is 14.4 Å². The molecular weight excluding hydrogens is 485 g/mol. The number of carbonyl (C=O) groups excluding carboxylic acids is 1. The van der Waals surface area contributed by atoms with Gasteiger partial charge in [-0.15, -0.1) is 13.2 Å². The number of halogens is 4. The summed E-state index contributed by atoms with van der Waals surface area (Å²) in [7, 11) is 1.48. The molecule has 11 heteroatoms. The molecule has 35 heavy (non-hydrogen) atoms. The first-order valence-corrected chi connectivity index (χ1v) is 10.6. The topological polar surface area (TPSA) is 78.7 Å². The number of aryl methyl sites for hydroxylation is 2. The highest BCUT2D eigenvalue weighted by atomic mass is 35.5. The average molecular weight is 503 g/mol. The minimum absolute atomic E-state index is 0.00744. The third-order valence-electron chi connectivity index (χ3n) is 5.48. The number of alkyl halides is 3. The number of nitriles is 1. The monoisotopic (exact) mass is 502 g/mol. The highest BCUT2D eigenvalue weighted by molar-refractivity contribution is 6.32. The van der Waals surface area contributed by atoms with Crippen LogP contribution in [0.3, 0.4) is 0 Å². The molecule has 0 atom stereocenters. The number of hydrogen-bond donors (Lipinski definition) is 0. The molecule has 7 nitrogen and oxygen atoms in total. The molecule has 0 saturated heterocycles. The minimum Gasteiger partial charge on any atom is -0.481 e. The minimum atomic E-state index is -4.83. The molecule has 180 valence electrons. The van der Waals surface area contributed by atoms with Gasteiger partial charge in [-0.2, -0.15) is 5.26 Å². The van der Waals surface area contributed by atoms with Crippen molar-refractivity contribution in [2.75, 3.05) is 23.6 Å². The largest absolute Gasteiger partial charge is 0.573 e. The van der Waals surface area contributed by atoms with Crippen molar-refractivity contribution in [3.05, 3.63) is 69.9 Å². The van der Waals surface area contributed by atoms with Crippen LogP contribution < -0.4 is 19.3 Å². The molecule has 0 spiro atoms. The van der Waals surface area contributed by atoms with Crippen LogP contribution in [0.2, 0.25) is 5.02 Å². The maximum atomic E-state index is 13.5. The van der Waals surface area contributed by atoms with E-state index in [0.717, 1.165) is 0 Å². The van der Waals surface area contributed by atoms with Crippen LogP contribution in [0.4, 0.5) is 30.2 Å². The molecule has 0 N–H and O–H groups in total. The summed E-state index contributed by atoms with van der Waals surface area (Å²) < 4.78 is 47.2. The van der Waals surface area contributed by atoms with Gasteiger partial charge in [0.2, 0.25) is 5.88 Å². The van der Waals surface area contributed by atoms with E-state index in [0.29, 0.717) is 34.2 Å². The van der Waals surface area contributed by atoms with E-state index in [2.05, 4.69) is 9.72 Å². The summed E-state index contributed by atoms with van der Waals surface area (Å²) in [5.74, 6) is -0.355. The zero-order valence-corrected chi connectivity index (χ0v) is 19.5. The summed E-state index contributed by atoms with van der Waals surface area (Å²) in [5.41, 5.74) is 2.82. The molecule has 4 rings (SSSR count). The van der Waals surface area contributed by atoms with Gasteiger partial charge in [-0.05, 0) is 55.8 Å². The summed E-state index contributed by atoms with van der Waals surface area (Å²) in [6.07, 6.45) is -4.83. The molecule has 0 saturated carbocycles. The van der Waals surface area contributed by atoms with Crippen LogP contribution in [-0.4, -0.2) is 31.0 Å². The fraction of sp³-hybridized carbons (Fsp3) is 0.208. The number of methoxy groups -OCH3 is 1. The second-order valence-electron chi connectivity index (χ2n) is 7.72. The lowest BCUT2D eigenvalue weighted by Gasteiger charge is -2.39. The smallest absolute Gasteiger partial charge is 0.481 e. The van der Waals surface area contributed by atoms with Crippen LogP contribution in [-0.2, 0) is 0 Å². The van der Waals surface area contributed by atoms with Crippen LogP contribution >= 0.6 is 11.6 Å². The number of ether oxygens (including phenoxy) is 2. The highest BCUT2D eigenvalue weighted by Gasteiger charge is 2.35. The number of aromatic nitrogens is 1. The summed E-state index contributed by atoms with van der Waals surface area (Å²) in [6, 6.07) is 12.1. The Morgan fingerprint density at radius 2 is 1.77 bits per heavy atom.